The van der Waals surface area contributed by atoms with E-state index in [4.69, 9.17) is 5.73 Å². The topological polar surface area (TPSA) is 103 Å². The molecular weight excluding hydrogens is 256 g/mol. The van der Waals surface area contributed by atoms with Gasteiger partial charge in [0.15, 0.2) is 5.65 Å². The number of amidine groups is 1. The molecule has 0 aromatic carbocycles. The molecule has 20 heavy (non-hydrogen) atoms. The van der Waals surface area contributed by atoms with E-state index in [-0.39, 0.29) is 6.10 Å². The molecule has 0 saturated carbocycles. The van der Waals surface area contributed by atoms with Gasteiger partial charge in [-0.2, -0.15) is 0 Å². The number of pyridine rings is 1. The van der Waals surface area contributed by atoms with Gasteiger partial charge in [0.1, 0.15) is 5.84 Å². The Kier molecular flexibility index (Phi) is 3.62. The van der Waals surface area contributed by atoms with Crippen LogP contribution in [0.1, 0.15) is 12.0 Å². The van der Waals surface area contributed by atoms with Crippen LogP contribution in [0.25, 0.3) is 11.2 Å². The second-order valence-corrected chi connectivity index (χ2v) is 4.97. The summed E-state index contributed by atoms with van der Waals surface area (Å²) < 4.78 is 0. The smallest absolute Gasteiger partial charge is 0.178 e. The molecule has 4 N–H and O–H groups in total. The highest BCUT2D eigenvalue weighted by molar-refractivity contribution is 6.06. The highest BCUT2D eigenvalue weighted by atomic mass is 16.3. The first kappa shape index (κ1) is 13.0. The number of β-amino-alcohol motifs (C(OH)–C–C–N with tert-alkyl or cyclic N) is 1. The molecule has 106 valence electrons. The monoisotopic (exact) mass is 274 g/mol. The molecule has 7 heteroatoms. The van der Waals surface area contributed by atoms with Gasteiger partial charge in [0.05, 0.1) is 24.5 Å². The van der Waals surface area contributed by atoms with Crippen molar-refractivity contribution in [2.75, 3.05) is 26.2 Å². The number of nitrogens with zero attached hydrogens (tertiary/aromatic N) is 4. The van der Waals surface area contributed by atoms with E-state index < -0.39 is 0 Å². The minimum atomic E-state index is -0.193. The van der Waals surface area contributed by atoms with Crippen molar-refractivity contribution in [3.63, 3.8) is 0 Å². The number of hydrogen-bond donors (Lipinski definition) is 3. The maximum atomic E-state index is 9.46. The molecule has 1 atom stereocenters. The van der Waals surface area contributed by atoms with Crippen LogP contribution in [-0.2, 0) is 0 Å². The number of imidazole rings is 1. The summed E-state index contributed by atoms with van der Waals surface area (Å²) in [6.07, 6.45) is 3.93. The molecule has 1 aliphatic heterocycles. The number of nitrogens with one attached hydrogen (secondary N) is 1. The Hall–Kier alpha value is -1.99. The predicted octanol–water partition coefficient (Wildman–Crippen LogP) is -0.270. The minimum absolute atomic E-state index is 0.193. The molecule has 0 aliphatic carbocycles. The van der Waals surface area contributed by atoms with Gasteiger partial charge in [-0.1, -0.05) is 0 Å². The second kappa shape index (κ2) is 5.56. The number of H-pyrrole nitrogens is 1. The van der Waals surface area contributed by atoms with Crippen molar-refractivity contribution in [3.05, 3.63) is 24.2 Å². The van der Waals surface area contributed by atoms with Crippen LogP contribution in [0.3, 0.4) is 0 Å². The van der Waals surface area contributed by atoms with Crippen LogP contribution in [0.5, 0.6) is 0 Å². The van der Waals surface area contributed by atoms with Gasteiger partial charge in [0.2, 0.25) is 0 Å². The Morgan fingerprint density at radius 1 is 1.55 bits per heavy atom. The lowest BCUT2D eigenvalue weighted by molar-refractivity contribution is 0.177. The van der Waals surface area contributed by atoms with Crippen molar-refractivity contribution < 1.29 is 5.11 Å². The average molecular weight is 274 g/mol. The van der Waals surface area contributed by atoms with Crippen molar-refractivity contribution in [1.82, 2.24) is 19.9 Å². The molecule has 0 radical (unpaired) electrons. The Morgan fingerprint density at radius 3 is 3.25 bits per heavy atom. The number of rotatable bonds is 4. The number of likely N-dealkylation sites (tertiary alicyclic amines) is 1. The number of nitrogens with two attached hydrogens (primary N) is 1. The molecule has 0 spiro atoms. The quantitative estimate of drug-likeness (QED) is 0.526. The lowest BCUT2D eigenvalue weighted by Gasteiger charge is -2.12. The van der Waals surface area contributed by atoms with E-state index in [2.05, 4.69) is 24.8 Å². The van der Waals surface area contributed by atoms with Crippen LogP contribution in [0.2, 0.25) is 0 Å². The van der Waals surface area contributed by atoms with Gasteiger partial charge < -0.3 is 15.8 Å². The van der Waals surface area contributed by atoms with Gasteiger partial charge in [-0.05, 0) is 12.5 Å². The standard InChI is InChI=1S/C13H18N6O/c14-12(15-4-6-19-5-2-9(20)7-19)10-1-3-16-13-11(10)17-8-18-13/h1,3,8-9,20H,2,4-7H2,(H2,14,15)(H,16,17,18). The van der Waals surface area contributed by atoms with Crippen LogP contribution in [0, 0.1) is 0 Å². The first-order valence-electron chi connectivity index (χ1n) is 6.73. The Labute approximate surface area is 116 Å². The zero-order valence-electron chi connectivity index (χ0n) is 11.2. The third-order valence-corrected chi connectivity index (χ3v) is 3.55. The average Bonchev–Trinajstić information content (AvgIpc) is 3.06. The predicted molar refractivity (Wildman–Crippen MR) is 76.5 cm³/mol. The normalized spacial score (nSPS) is 20.9. The number of aromatic nitrogens is 3. The molecule has 1 fully saturated rings. The fourth-order valence-electron chi connectivity index (χ4n) is 2.47. The van der Waals surface area contributed by atoms with Crippen molar-refractivity contribution in [3.8, 4) is 0 Å². The summed E-state index contributed by atoms with van der Waals surface area (Å²) in [5.74, 6) is 0.487. The first-order chi connectivity index (χ1) is 9.74. The number of aliphatic hydroxyl groups excluding tert-OH is 1. The number of aliphatic hydroxyl groups is 1. The third-order valence-electron chi connectivity index (χ3n) is 3.55. The van der Waals surface area contributed by atoms with Crippen LogP contribution in [-0.4, -0.2) is 63.1 Å². The molecule has 0 bridgehead atoms. The number of fused-ring (bicyclic) bond motifs is 1. The lowest BCUT2D eigenvalue weighted by atomic mass is 10.2. The molecular formula is C13H18N6O. The fraction of sp³-hybridized carbons (Fsp3) is 0.462. The maximum Gasteiger partial charge on any atom is 0.178 e. The summed E-state index contributed by atoms with van der Waals surface area (Å²) in [5.41, 5.74) is 8.32. The van der Waals surface area contributed by atoms with E-state index in [1.807, 2.05) is 6.07 Å². The van der Waals surface area contributed by atoms with Crippen molar-refractivity contribution in [1.29, 1.82) is 0 Å². The molecule has 1 aliphatic rings. The van der Waals surface area contributed by atoms with E-state index in [1.54, 1.807) is 12.5 Å². The Bertz CT molecular complexity index is 622. The minimum Gasteiger partial charge on any atom is -0.392 e. The first-order valence-corrected chi connectivity index (χ1v) is 6.73. The zero-order valence-corrected chi connectivity index (χ0v) is 11.2. The number of hydrogen-bond acceptors (Lipinski definition) is 5. The van der Waals surface area contributed by atoms with E-state index in [0.29, 0.717) is 18.0 Å². The summed E-state index contributed by atoms with van der Waals surface area (Å²) in [4.78, 5) is 17.9. The highest BCUT2D eigenvalue weighted by Crippen LogP contribution is 2.12. The molecule has 2 aromatic heterocycles. The molecule has 3 heterocycles. The summed E-state index contributed by atoms with van der Waals surface area (Å²) in [7, 11) is 0. The van der Waals surface area contributed by atoms with Gasteiger partial charge in [-0.3, -0.25) is 9.89 Å². The number of aliphatic imine (C=N–C) groups is 1. The SMILES string of the molecule is NC(=NCCN1CCC(O)C1)c1ccnc2nc[nH]c12. The highest BCUT2D eigenvalue weighted by Gasteiger charge is 2.19. The van der Waals surface area contributed by atoms with E-state index >= 15 is 0 Å². The molecule has 2 aromatic rings. The van der Waals surface area contributed by atoms with E-state index in [0.717, 1.165) is 37.1 Å². The Balaban J connectivity index is 1.67. The van der Waals surface area contributed by atoms with Gasteiger partial charge in [-0.25, -0.2) is 9.97 Å². The summed E-state index contributed by atoms with van der Waals surface area (Å²) in [5, 5.41) is 9.46. The van der Waals surface area contributed by atoms with Gasteiger partial charge in [0, 0.05) is 31.4 Å². The van der Waals surface area contributed by atoms with Crippen LogP contribution in [0.15, 0.2) is 23.6 Å². The summed E-state index contributed by atoms with van der Waals surface area (Å²) in [6, 6.07) is 1.83. The van der Waals surface area contributed by atoms with E-state index in [1.165, 1.54) is 0 Å². The van der Waals surface area contributed by atoms with Crippen molar-refractivity contribution >= 4 is 17.0 Å². The Morgan fingerprint density at radius 2 is 2.45 bits per heavy atom. The molecule has 1 unspecified atom stereocenters. The van der Waals surface area contributed by atoms with Gasteiger partial charge in [0.25, 0.3) is 0 Å². The maximum absolute atomic E-state index is 9.46. The summed E-state index contributed by atoms with van der Waals surface area (Å²) >= 11 is 0. The largest absolute Gasteiger partial charge is 0.392 e. The van der Waals surface area contributed by atoms with Crippen molar-refractivity contribution in [2.24, 2.45) is 10.7 Å². The second-order valence-electron chi connectivity index (χ2n) is 4.97. The van der Waals surface area contributed by atoms with Gasteiger partial charge in [-0.15, -0.1) is 0 Å². The zero-order chi connectivity index (χ0) is 13.9. The van der Waals surface area contributed by atoms with Crippen molar-refractivity contribution in [2.45, 2.75) is 12.5 Å². The van der Waals surface area contributed by atoms with Crippen LogP contribution >= 0.6 is 0 Å². The van der Waals surface area contributed by atoms with Gasteiger partial charge >= 0.3 is 0 Å². The molecule has 3 rings (SSSR count). The van der Waals surface area contributed by atoms with Crippen LogP contribution < -0.4 is 5.73 Å². The molecule has 1 saturated heterocycles. The molecule has 0 amide bonds. The fourth-order valence-corrected chi connectivity index (χ4v) is 2.47. The van der Waals surface area contributed by atoms with Crippen LogP contribution in [0.4, 0.5) is 0 Å². The molecule has 7 nitrogen and oxygen atoms in total. The van der Waals surface area contributed by atoms with E-state index in [9.17, 15) is 5.11 Å². The third kappa shape index (κ3) is 2.63. The lowest BCUT2D eigenvalue weighted by Crippen LogP contribution is -2.26. The summed E-state index contributed by atoms with van der Waals surface area (Å²) in [6.45, 7) is 3.09. The number of aromatic amines is 1.